The van der Waals surface area contributed by atoms with E-state index in [1.165, 1.54) is 44.9 Å². The maximum atomic E-state index is 2.48. The van der Waals surface area contributed by atoms with E-state index in [0.29, 0.717) is 0 Å². The normalized spacial score (nSPS) is 29.0. The fourth-order valence-electron chi connectivity index (χ4n) is 2.64. The first-order valence-corrected chi connectivity index (χ1v) is 4.96. The largest absolute Gasteiger partial charge is 0.0851 e. The van der Waals surface area contributed by atoms with Gasteiger partial charge in [0.1, 0.15) is 0 Å². The van der Waals surface area contributed by atoms with E-state index in [9.17, 15) is 0 Å². The molecule has 0 amide bonds. The van der Waals surface area contributed by atoms with Crippen LogP contribution in [-0.4, -0.2) is 0 Å². The number of hydrogen-bond donors (Lipinski definition) is 0. The molecule has 62 valence electrons. The molecule has 2 aliphatic rings. The van der Waals surface area contributed by atoms with Crippen LogP contribution in [0.5, 0.6) is 0 Å². The van der Waals surface area contributed by atoms with Gasteiger partial charge in [0.25, 0.3) is 0 Å². The van der Waals surface area contributed by atoms with Gasteiger partial charge in [-0.15, -0.1) is 0 Å². The Balaban J connectivity index is 2.06. The lowest BCUT2D eigenvalue weighted by Crippen LogP contribution is -2.18. The molecule has 0 radical (unpaired) electrons. The van der Waals surface area contributed by atoms with Crippen molar-refractivity contribution in [2.24, 2.45) is 5.41 Å². The highest BCUT2D eigenvalue weighted by Crippen LogP contribution is 2.47. The Hall–Kier alpha value is -0.260. The van der Waals surface area contributed by atoms with Crippen molar-refractivity contribution in [1.82, 2.24) is 0 Å². The van der Waals surface area contributed by atoms with E-state index in [4.69, 9.17) is 0 Å². The van der Waals surface area contributed by atoms with Gasteiger partial charge in [-0.3, -0.25) is 0 Å². The Kier molecular flexibility index (Phi) is 1.78. The highest BCUT2D eigenvalue weighted by molar-refractivity contribution is 5.08. The molecular formula is C11H18. The third kappa shape index (κ3) is 1.36. The zero-order chi connectivity index (χ0) is 7.73. The summed E-state index contributed by atoms with van der Waals surface area (Å²) in [7, 11) is 0. The Morgan fingerprint density at radius 2 is 1.91 bits per heavy atom. The first-order valence-electron chi connectivity index (χ1n) is 4.96. The summed E-state index contributed by atoms with van der Waals surface area (Å²) in [5.74, 6) is 0. The summed E-state index contributed by atoms with van der Waals surface area (Å²) >= 11 is 0. The van der Waals surface area contributed by atoms with Crippen LogP contribution >= 0.6 is 0 Å². The van der Waals surface area contributed by atoms with Gasteiger partial charge in [0.15, 0.2) is 0 Å². The zero-order valence-electron chi connectivity index (χ0n) is 7.53. The SMILES string of the molecule is CC1=CCC2(CCCC2)CC1. The molecule has 2 aliphatic carbocycles. The second kappa shape index (κ2) is 2.66. The second-order valence-electron chi connectivity index (χ2n) is 4.46. The van der Waals surface area contributed by atoms with Crippen LogP contribution in [-0.2, 0) is 0 Å². The van der Waals surface area contributed by atoms with Crippen LogP contribution in [0.2, 0.25) is 0 Å². The third-order valence-corrected chi connectivity index (χ3v) is 3.60. The van der Waals surface area contributed by atoms with E-state index in [1.807, 2.05) is 0 Å². The molecule has 0 atom stereocenters. The molecule has 2 rings (SSSR count). The van der Waals surface area contributed by atoms with Crippen molar-refractivity contribution in [2.75, 3.05) is 0 Å². The van der Waals surface area contributed by atoms with E-state index in [1.54, 1.807) is 5.57 Å². The van der Waals surface area contributed by atoms with Crippen LogP contribution in [0, 0.1) is 5.41 Å². The van der Waals surface area contributed by atoms with Crippen molar-refractivity contribution >= 4 is 0 Å². The summed E-state index contributed by atoms with van der Waals surface area (Å²) in [6, 6.07) is 0. The number of rotatable bonds is 0. The van der Waals surface area contributed by atoms with Crippen molar-refractivity contribution in [2.45, 2.75) is 51.9 Å². The van der Waals surface area contributed by atoms with Crippen LogP contribution in [0.1, 0.15) is 51.9 Å². The smallest absolute Gasteiger partial charge is 0.0260 e. The summed E-state index contributed by atoms with van der Waals surface area (Å²) < 4.78 is 0. The first kappa shape index (κ1) is 7.39. The average Bonchev–Trinajstić information content (AvgIpc) is 2.45. The fraction of sp³-hybridized carbons (Fsp3) is 0.818. The highest BCUT2D eigenvalue weighted by Gasteiger charge is 2.33. The molecule has 0 aromatic carbocycles. The lowest BCUT2D eigenvalue weighted by molar-refractivity contribution is 0.263. The van der Waals surface area contributed by atoms with Crippen molar-refractivity contribution in [1.29, 1.82) is 0 Å². The molecule has 1 fully saturated rings. The summed E-state index contributed by atoms with van der Waals surface area (Å²) in [6.45, 7) is 2.28. The lowest BCUT2D eigenvalue weighted by Gasteiger charge is -2.31. The molecule has 0 aromatic heterocycles. The molecule has 0 aliphatic heterocycles. The van der Waals surface area contributed by atoms with E-state index in [-0.39, 0.29) is 0 Å². The molecule has 0 heteroatoms. The first-order chi connectivity index (χ1) is 5.31. The van der Waals surface area contributed by atoms with Gasteiger partial charge in [0.2, 0.25) is 0 Å². The van der Waals surface area contributed by atoms with Gasteiger partial charge in [0.05, 0.1) is 0 Å². The Labute approximate surface area is 69.7 Å². The molecule has 0 bridgehead atoms. The number of hydrogen-bond acceptors (Lipinski definition) is 0. The Morgan fingerprint density at radius 3 is 2.45 bits per heavy atom. The van der Waals surface area contributed by atoms with Crippen LogP contribution in [0.15, 0.2) is 11.6 Å². The van der Waals surface area contributed by atoms with Crippen molar-refractivity contribution < 1.29 is 0 Å². The lowest BCUT2D eigenvalue weighted by atomic mass is 9.74. The van der Waals surface area contributed by atoms with Crippen molar-refractivity contribution in [3.8, 4) is 0 Å². The molecule has 1 spiro atoms. The maximum Gasteiger partial charge on any atom is -0.0260 e. The van der Waals surface area contributed by atoms with E-state index in [2.05, 4.69) is 13.0 Å². The molecule has 0 N–H and O–H groups in total. The van der Waals surface area contributed by atoms with Crippen LogP contribution in [0.25, 0.3) is 0 Å². The quantitative estimate of drug-likeness (QED) is 0.462. The average molecular weight is 150 g/mol. The minimum Gasteiger partial charge on any atom is -0.0851 e. The Morgan fingerprint density at radius 1 is 1.18 bits per heavy atom. The van der Waals surface area contributed by atoms with Gasteiger partial charge in [0, 0.05) is 0 Å². The van der Waals surface area contributed by atoms with Crippen LogP contribution < -0.4 is 0 Å². The molecule has 0 unspecified atom stereocenters. The van der Waals surface area contributed by atoms with E-state index < -0.39 is 0 Å². The summed E-state index contributed by atoms with van der Waals surface area (Å²) in [6.07, 6.45) is 12.7. The molecular weight excluding hydrogens is 132 g/mol. The molecule has 0 saturated heterocycles. The zero-order valence-corrected chi connectivity index (χ0v) is 7.53. The predicted octanol–water partition coefficient (Wildman–Crippen LogP) is 3.68. The fourth-order valence-corrected chi connectivity index (χ4v) is 2.64. The minimum absolute atomic E-state index is 0.777. The van der Waals surface area contributed by atoms with E-state index in [0.717, 1.165) is 5.41 Å². The van der Waals surface area contributed by atoms with E-state index >= 15 is 0 Å². The summed E-state index contributed by atoms with van der Waals surface area (Å²) in [5.41, 5.74) is 2.40. The molecule has 11 heavy (non-hydrogen) atoms. The standard InChI is InChI=1S/C11H18/c1-10-4-8-11(9-5-10)6-2-3-7-11/h4H,2-3,5-9H2,1H3. The predicted molar refractivity (Wildman–Crippen MR) is 48.5 cm³/mol. The van der Waals surface area contributed by atoms with Crippen molar-refractivity contribution in [3.05, 3.63) is 11.6 Å². The second-order valence-corrected chi connectivity index (χ2v) is 4.46. The summed E-state index contributed by atoms with van der Waals surface area (Å²) in [5, 5.41) is 0. The molecule has 0 aromatic rings. The topological polar surface area (TPSA) is 0 Å². The minimum atomic E-state index is 0.777. The van der Waals surface area contributed by atoms with Gasteiger partial charge < -0.3 is 0 Å². The highest BCUT2D eigenvalue weighted by atomic mass is 14.4. The molecule has 1 saturated carbocycles. The van der Waals surface area contributed by atoms with Gasteiger partial charge in [-0.2, -0.15) is 0 Å². The van der Waals surface area contributed by atoms with Gasteiger partial charge in [-0.1, -0.05) is 24.5 Å². The molecule has 0 nitrogen and oxygen atoms in total. The van der Waals surface area contributed by atoms with Crippen LogP contribution in [0.3, 0.4) is 0 Å². The van der Waals surface area contributed by atoms with Crippen molar-refractivity contribution in [3.63, 3.8) is 0 Å². The maximum absolute atomic E-state index is 2.48. The van der Waals surface area contributed by atoms with Gasteiger partial charge >= 0.3 is 0 Å². The monoisotopic (exact) mass is 150 g/mol. The number of allylic oxidation sites excluding steroid dienone is 2. The Bertz CT molecular complexity index is 170. The molecule has 0 heterocycles. The van der Waals surface area contributed by atoms with Gasteiger partial charge in [-0.05, 0) is 44.4 Å². The van der Waals surface area contributed by atoms with Gasteiger partial charge in [-0.25, -0.2) is 0 Å². The third-order valence-electron chi connectivity index (χ3n) is 3.60. The summed E-state index contributed by atoms with van der Waals surface area (Å²) in [4.78, 5) is 0. The van der Waals surface area contributed by atoms with Crippen LogP contribution in [0.4, 0.5) is 0 Å².